The summed E-state index contributed by atoms with van der Waals surface area (Å²) in [6.07, 6.45) is 3.26. The van der Waals surface area contributed by atoms with Gasteiger partial charge in [-0.2, -0.15) is 5.10 Å². The number of hydrogen-bond donors (Lipinski definition) is 2. The van der Waals surface area contributed by atoms with E-state index in [-0.39, 0.29) is 4.90 Å². The van der Waals surface area contributed by atoms with Crippen LogP contribution >= 0.6 is 15.9 Å². The van der Waals surface area contributed by atoms with Crippen LogP contribution in [-0.4, -0.2) is 27.8 Å². The topological polar surface area (TPSA) is 103 Å². The zero-order chi connectivity index (χ0) is 19.9. The van der Waals surface area contributed by atoms with Gasteiger partial charge < -0.3 is 9.47 Å². The first kappa shape index (κ1) is 20.9. The van der Waals surface area contributed by atoms with Gasteiger partial charge in [-0.25, -0.2) is 13.6 Å². The summed E-state index contributed by atoms with van der Waals surface area (Å²) in [6, 6.07) is 9.61. The van der Waals surface area contributed by atoms with Crippen LogP contribution in [0.5, 0.6) is 11.5 Å². The number of hydrazone groups is 1. The van der Waals surface area contributed by atoms with Gasteiger partial charge in [0.15, 0.2) is 11.5 Å². The van der Waals surface area contributed by atoms with E-state index < -0.39 is 10.0 Å². The summed E-state index contributed by atoms with van der Waals surface area (Å²) in [5.41, 5.74) is 4.23. The number of primary sulfonamides is 1. The molecule has 2 aromatic carbocycles. The van der Waals surface area contributed by atoms with Crippen LogP contribution in [0.25, 0.3) is 0 Å². The number of anilines is 1. The Morgan fingerprint density at radius 2 is 1.96 bits per heavy atom. The molecule has 0 saturated carbocycles. The Bertz CT molecular complexity index is 928. The SMILES string of the molecule is C=CCOc1c(Br)cc(/C=N\Nc2ccc(S(N)(=O)=O)cc2)cc1OCC. The Morgan fingerprint density at radius 3 is 2.56 bits per heavy atom. The molecule has 3 N–H and O–H groups in total. The molecular formula is C18H20BrN3O4S. The first-order valence-electron chi connectivity index (χ1n) is 7.97. The standard InChI is InChI=1S/C18H20BrN3O4S/c1-3-9-26-18-16(19)10-13(11-17(18)25-4-2)12-21-22-14-5-7-15(8-6-14)27(20,23)24/h3,5-8,10-12,22H,1,4,9H2,2H3,(H2,20,23,24)/b21-12-. The number of nitrogens with zero attached hydrogens (tertiary/aromatic N) is 1. The highest BCUT2D eigenvalue weighted by Gasteiger charge is 2.11. The summed E-state index contributed by atoms with van der Waals surface area (Å²) < 4.78 is 34.5. The van der Waals surface area contributed by atoms with E-state index in [1.54, 1.807) is 24.4 Å². The van der Waals surface area contributed by atoms with Crippen LogP contribution in [0.4, 0.5) is 5.69 Å². The fourth-order valence-electron chi connectivity index (χ4n) is 2.11. The van der Waals surface area contributed by atoms with Crippen LogP contribution in [0, 0.1) is 0 Å². The molecule has 9 heteroatoms. The van der Waals surface area contributed by atoms with Crippen LogP contribution in [0.2, 0.25) is 0 Å². The third-order valence-corrected chi connectivity index (χ3v) is 4.79. The molecule has 0 heterocycles. The third-order valence-electron chi connectivity index (χ3n) is 3.27. The molecular weight excluding hydrogens is 434 g/mol. The molecule has 0 aromatic heterocycles. The molecule has 0 unspecified atom stereocenters. The van der Waals surface area contributed by atoms with Gasteiger partial charge in [0.2, 0.25) is 10.0 Å². The minimum absolute atomic E-state index is 0.0393. The Kier molecular flexibility index (Phi) is 7.40. The number of nitrogens with two attached hydrogens (primary N) is 1. The van der Waals surface area contributed by atoms with E-state index in [2.05, 4.69) is 33.0 Å². The molecule has 0 aliphatic rings. The highest BCUT2D eigenvalue weighted by Crippen LogP contribution is 2.36. The van der Waals surface area contributed by atoms with Gasteiger partial charge in [-0.15, -0.1) is 0 Å². The molecule has 0 bridgehead atoms. The highest BCUT2D eigenvalue weighted by atomic mass is 79.9. The summed E-state index contributed by atoms with van der Waals surface area (Å²) in [4.78, 5) is 0.0393. The van der Waals surface area contributed by atoms with Gasteiger partial charge in [0.25, 0.3) is 0 Å². The van der Waals surface area contributed by atoms with E-state index in [1.807, 2.05) is 19.1 Å². The van der Waals surface area contributed by atoms with Gasteiger partial charge in [-0.3, -0.25) is 5.43 Å². The second kappa shape index (κ2) is 9.54. The highest BCUT2D eigenvalue weighted by molar-refractivity contribution is 9.10. The van der Waals surface area contributed by atoms with Crippen molar-refractivity contribution in [1.82, 2.24) is 0 Å². The molecule has 144 valence electrons. The van der Waals surface area contributed by atoms with Crippen molar-refractivity contribution in [3.8, 4) is 11.5 Å². The van der Waals surface area contributed by atoms with Crippen LogP contribution in [-0.2, 0) is 10.0 Å². The quantitative estimate of drug-likeness (QED) is 0.343. The Hall–Kier alpha value is -2.36. The number of benzene rings is 2. The maximum atomic E-state index is 11.2. The third kappa shape index (κ3) is 6.09. The van der Waals surface area contributed by atoms with Gasteiger partial charge in [-0.05, 0) is 64.8 Å². The van der Waals surface area contributed by atoms with Gasteiger partial charge in [0.1, 0.15) is 6.61 Å². The lowest BCUT2D eigenvalue weighted by Gasteiger charge is -2.13. The lowest BCUT2D eigenvalue weighted by molar-refractivity contribution is 0.295. The zero-order valence-electron chi connectivity index (χ0n) is 14.7. The maximum Gasteiger partial charge on any atom is 0.238 e. The number of hydrogen-bond acceptors (Lipinski definition) is 6. The fourth-order valence-corrected chi connectivity index (χ4v) is 3.20. The van der Waals surface area contributed by atoms with Crippen molar-refractivity contribution in [2.75, 3.05) is 18.6 Å². The molecule has 0 spiro atoms. The van der Waals surface area contributed by atoms with Crippen molar-refractivity contribution in [2.45, 2.75) is 11.8 Å². The minimum Gasteiger partial charge on any atom is -0.490 e. The monoisotopic (exact) mass is 453 g/mol. The molecule has 0 amide bonds. The lowest BCUT2D eigenvalue weighted by Crippen LogP contribution is -2.11. The summed E-state index contributed by atoms with van der Waals surface area (Å²) in [5.74, 6) is 1.19. The van der Waals surface area contributed by atoms with Gasteiger partial charge in [0, 0.05) is 0 Å². The molecule has 0 saturated heterocycles. The van der Waals surface area contributed by atoms with E-state index in [9.17, 15) is 8.42 Å². The van der Waals surface area contributed by atoms with Crippen molar-refractivity contribution in [3.63, 3.8) is 0 Å². The largest absolute Gasteiger partial charge is 0.490 e. The van der Waals surface area contributed by atoms with E-state index in [4.69, 9.17) is 14.6 Å². The number of ether oxygens (including phenoxy) is 2. The average Bonchev–Trinajstić information content (AvgIpc) is 2.61. The Morgan fingerprint density at radius 1 is 1.26 bits per heavy atom. The Balaban J connectivity index is 2.15. The van der Waals surface area contributed by atoms with E-state index in [0.717, 1.165) is 10.0 Å². The number of nitrogens with one attached hydrogen (secondary N) is 1. The van der Waals surface area contributed by atoms with Crippen LogP contribution in [0.1, 0.15) is 12.5 Å². The molecule has 0 aliphatic heterocycles. The summed E-state index contributed by atoms with van der Waals surface area (Å²) >= 11 is 3.47. The van der Waals surface area contributed by atoms with Crippen molar-refractivity contribution < 1.29 is 17.9 Å². The van der Waals surface area contributed by atoms with E-state index in [0.29, 0.717) is 30.4 Å². The normalized spacial score (nSPS) is 11.4. The minimum atomic E-state index is -3.71. The average molecular weight is 454 g/mol. The molecule has 0 radical (unpaired) electrons. The molecule has 2 aromatic rings. The lowest BCUT2D eigenvalue weighted by atomic mass is 10.2. The molecule has 2 rings (SSSR count). The summed E-state index contributed by atoms with van der Waals surface area (Å²) in [5, 5.41) is 9.22. The second-order valence-corrected chi connectivity index (χ2v) is 7.72. The smallest absolute Gasteiger partial charge is 0.238 e. The van der Waals surface area contributed by atoms with Crippen molar-refractivity contribution in [3.05, 3.63) is 59.1 Å². The van der Waals surface area contributed by atoms with E-state index >= 15 is 0 Å². The molecule has 7 nitrogen and oxygen atoms in total. The van der Waals surface area contributed by atoms with E-state index in [1.165, 1.54) is 12.1 Å². The molecule has 0 atom stereocenters. The first-order valence-corrected chi connectivity index (χ1v) is 10.3. The fraction of sp³-hybridized carbons (Fsp3) is 0.167. The summed E-state index contributed by atoms with van der Waals surface area (Å²) in [6.45, 7) is 6.38. The zero-order valence-corrected chi connectivity index (χ0v) is 17.1. The van der Waals surface area contributed by atoms with Gasteiger partial charge in [0.05, 0.1) is 27.9 Å². The number of sulfonamides is 1. The van der Waals surface area contributed by atoms with Crippen molar-refractivity contribution in [2.24, 2.45) is 10.2 Å². The number of rotatable bonds is 9. The van der Waals surface area contributed by atoms with Crippen LogP contribution < -0.4 is 20.0 Å². The second-order valence-electron chi connectivity index (χ2n) is 5.30. The predicted molar refractivity (Wildman–Crippen MR) is 110 cm³/mol. The maximum absolute atomic E-state index is 11.2. The number of halogens is 1. The molecule has 27 heavy (non-hydrogen) atoms. The summed E-state index contributed by atoms with van der Waals surface area (Å²) in [7, 11) is -3.71. The van der Waals surface area contributed by atoms with Gasteiger partial charge in [-0.1, -0.05) is 12.7 Å². The molecule has 0 fully saturated rings. The molecule has 0 aliphatic carbocycles. The first-order chi connectivity index (χ1) is 12.8. The van der Waals surface area contributed by atoms with Gasteiger partial charge >= 0.3 is 0 Å². The predicted octanol–water partition coefficient (Wildman–Crippen LogP) is 3.51. The van der Waals surface area contributed by atoms with Crippen LogP contribution in [0.3, 0.4) is 0 Å². The Labute approximate surface area is 167 Å². The van der Waals surface area contributed by atoms with Crippen LogP contribution in [0.15, 0.2) is 63.5 Å². The van der Waals surface area contributed by atoms with Crippen molar-refractivity contribution >= 4 is 37.9 Å². The van der Waals surface area contributed by atoms with Crippen molar-refractivity contribution in [1.29, 1.82) is 0 Å².